The Labute approximate surface area is 244 Å². The summed E-state index contributed by atoms with van der Waals surface area (Å²) in [5.74, 6) is 0.0152. The van der Waals surface area contributed by atoms with Crippen LogP contribution in [0.25, 0.3) is 0 Å². The van der Waals surface area contributed by atoms with Gasteiger partial charge in [0.2, 0.25) is 5.91 Å². The predicted octanol–water partition coefficient (Wildman–Crippen LogP) is 4.42. The molecule has 3 amide bonds. The summed E-state index contributed by atoms with van der Waals surface area (Å²) >= 11 is 1.12. The molecule has 3 heterocycles. The fourth-order valence-corrected chi connectivity index (χ4v) is 4.83. The molecule has 2 aromatic heterocycles. The number of pyridine rings is 1. The third kappa shape index (κ3) is 9.54. The Bertz CT molecular complexity index is 1290. The molecule has 4 rings (SSSR count). The number of hydrogen-bond acceptors (Lipinski definition) is 9. The maximum absolute atomic E-state index is 13.3. The first-order valence-corrected chi connectivity index (χ1v) is 14.4. The van der Waals surface area contributed by atoms with Crippen molar-refractivity contribution in [1.29, 1.82) is 0 Å². The van der Waals surface area contributed by atoms with Gasteiger partial charge in [-0.3, -0.25) is 24.9 Å². The van der Waals surface area contributed by atoms with Crippen molar-refractivity contribution < 1.29 is 23.9 Å². The molecule has 0 spiro atoms. The van der Waals surface area contributed by atoms with Crippen LogP contribution in [-0.4, -0.2) is 82.7 Å². The minimum atomic E-state index is -0.767. The molecule has 11 nitrogen and oxygen atoms in total. The lowest BCUT2D eigenvalue weighted by Crippen LogP contribution is -2.52. The summed E-state index contributed by atoms with van der Waals surface area (Å²) in [4.78, 5) is 52.4. The second-order valence-electron chi connectivity index (χ2n) is 10.6. The zero-order chi connectivity index (χ0) is 29.2. The van der Waals surface area contributed by atoms with E-state index in [1.807, 2.05) is 42.5 Å². The average Bonchev–Trinajstić information content (AvgIpc) is 3.42. The van der Waals surface area contributed by atoms with Gasteiger partial charge < -0.3 is 14.4 Å². The highest BCUT2D eigenvalue weighted by Crippen LogP contribution is 2.25. The predicted molar refractivity (Wildman–Crippen MR) is 157 cm³/mol. The van der Waals surface area contributed by atoms with Gasteiger partial charge in [0.1, 0.15) is 18.8 Å². The van der Waals surface area contributed by atoms with Crippen LogP contribution in [0.5, 0.6) is 0 Å². The quantitative estimate of drug-likeness (QED) is 0.396. The molecule has 0 radical (unpaired) electrons. The molecule has 1 aromatic carbocycles. The minimum absolute atomic E-state index is 0.112. The summed E-state index contributed by atoms with van der Waals surface area (Å²) in [6.07, 6.45) is 3.15. The first-order valence-electron chi connectivity index (χ1n) is 13.5. The number of hydrogen-bond donors (Lipinski definition) is 1. The highest BCUT2D eigenvalue weighted by molar-refractivity contribution is 7.14. The highest BCUT2D eigenvalue weighted by atomic mass is 32.1. The number of anilines is 2. The van der Waals surface area contributed by atoms with E-state index in [0.717, 1.165) is 43.0 Å². The smallest absolute Gasteiger partial charge is 0.416 e. The Morgan fingerprint density at radius 3 is 2.39 bits per heavy atom. The van der Waals surface area contributed by atoms with E-state index in [1.165, 1.54) is 10.5 Å². The summed E-state index contributed by atoms with van der Waals surface area (Å²) in [6.45, 7) is 8.68. The second kappa shape index (κ2) is 14.0. The third-order valence-electron chi connectivity index (χ3n) is 6.29. The summed E-state index contributed by atoms with van der Waals surface area (Å²) in [5.41, 5.74) is 1.32. The first kappa shape index (κ1) is 29.9. The van der Waals surface area contributed by atoms with Gasteiger partial charge in [0.25, 0.3) is 0 Å². The van der Waals surface area contributed by atoms with E-state index in [-0.39, 0.29) is 30.0 Å². The normalized spacial score (nSPS) is 13.9. The van der Waals surface area contributed by atoms with Crippen LogP contribution in [0.1, 0.15) is 31.9 Å². The average molecular weight is 581 g/mol. The van der Waals surface area contributed by atoms with Crippen molar-refractivity contribution in [3.8, 4) is 0 Å². The van der Waals surface area contributed by atoms with Crippen molar-refractivity contribution in [3.63, 3.8) is 0 Å². The lowest BCUT2D eigenvalue weighted by atomic mass is 10.2. The van der Waals surface area contributed by atoms with Gasteiger partial charge in [-0.25, -0.2) is 14.6 Å². The van der Waals surface area contributed by atoms with Crippen LogP contribution in [0.2, 0.25) is 0 Å². The number of carbonyl (C=O) groups excluding carboxylic acids is 3. The summed E-state index contributed by atoms with van der Waals surface area (Å²) in [7, 11) is 0. The molecule has 0 atom stereocenters. The van der Waals surface area contributed by atoms with Gasteiger partial charge in [-0.1, -0.05) is 30.3 Å². The molecule has 0 saturated carbocycles. The molecule has 0 unspecified atom stereocenters. The SMILES string of the molecule is CC(C)(C)OC(=O)N(CC(=O)N1CCN(CCc2ccncc2)CC1)c1csc(NC(=O)OCc2ccccc2)n1. The second-order valence-corrected chi connectivity index (χ2v) is 11.5. The number of thiazole rings is 1. The number of aromatic nitrogens is 2. The molecule has 41 heavy (non-hydrogen) atoms. The lowest BCUT2D eigenvalue weighted by Gasteiger charge is -2.35. The van der Waals surface area contributed by atoms with Gasteiger partial charge in [-0.15, -0.1) is 11.3 Å². The van der Waals surface area contributed by atoms with Crippen LogP contribution in [-0.2, 0) is 27.3 Å². The Morgan fingerprint density at radius 1 is 1.00 bits per heavy atom. The highest BCUT2D eigenvalue weighted by Gasteiger charge is 2.30. The van der Waals surface area contributed by atoms with Crippen LogP contribution in [0.15, 0.2) is 60.2 Å². The number of ether oxygens (including phenoxy) is 2. The summed E-state index contributed by atoms with van der Waals surface area (Å²) in [6, 6.07) is 13.3. The summed E-state index contributed by atoms with van der Waals surface area (Å²) in [5, 5.41) is 4.42. The van der Waals surface area contributed by atoms with E-state index in [4.69, 9.17) is 9.47 Å². The first-order chi connectivity index (χ1) is 19.7. The van der Waals surface area contributed by atoms with Gasteiger partial charge >= 0.3 is 12.2 Å². The largest absolute Gasteiger partial charge is 0.444 e. The van der Waals surface area contributed by atoms with E-state index in [0.29, 0.717) is 13.1 Å². The van der Waals surface area contributed by atoms with E-state index in [2.05, 4.69) is 20.2 Å². The Morgan fingerprint density at radius 2 is 1.71 bits per heavy atom. The molecule has 1 fully saturated rings. The maximum atomic E-state index is 13.3. The standard InChI is InChI=1S/C29H36N6O5S/c1-29(2,3)40-28(38)35(24-21-41-26(31-24)32-27(37)39-20-23-7-5-4-6-8-23)19-25(36)34-17-15-33(16-18-34)14-11-22-9-12-30-13-10-22/h4-10,12-13,21H,11,14-20H2,1-3H3,(H,31,32,37). The number of nitrogens with zero attached hydrogens (tertiary/aromatic N) is 5. The van der Waals surface area contributed by atoms with Crippen LogP contribution < -0.4 is 10.2 Å². The molecule has 1 saturated heterocycles. The number of piperazine rings is 1. The molecule has 3 aromatic rings. The van der Waals surface area contributed by atoms with Gasteiger partial charge in [0.05, 0.1) is 0 Å². The Hall–Kier alpha value is -4.03. The van der Waals surface area contributed by atoms with Gasteiger partial charge in [-0.05, 0) is 50.5 Å². The van der Waals surface area contributed by atoms with E-state index >= 15 is 0 Å². The van der Waals surface area contributed by atoms with E-state index in [1.54, 1.807) is 43.4 Å². The van der Waals surface area contributed by atoms with Crippen LogP contribution >= 0.6 is 11.3 Å². The fraction of sp³-hybridized carbons (Fsp3) is 0.414. The summed E-state index contributed by atoms with van der Waals surface area (Å²) < 4.78 is 10.8. The molecule has 1 aliphatic heterocycles. The van der Waals surface area contributed by atoms with Crippen molar-refractivity contribution in [3.05, 3.63) is 71.4 Å². The van der Waals surface area contributed by atoms with Crippen molar-refractivity contribution in [2.45, 2.75) is 39.4 Å². The maximum Gasteiger partial charge on any atom is 0.416 e. The van der Waals surface area contributed by atoms with E-state index in [9.17, 15) is 14.4 Å². The Balaban J connectivity index is 1.33. The molecular weight excluding hydrogens is 544 g/mol. The zero-order valence-electron chi connectivity index (χ0n) is 23.6. The van der Waals surface area contributed by atoms with Gasteiger partial charge in [-0.2, -0.15) is 0 Å². The van der Waals surface area contributed by atoms with Crippen molar-refractivity contribution >= 4 is 40.4 Å². The van der Waals surface area contributed by atoms with Crippen molar-refractivity contribution in [2.75, 3.05) is 49.5 Å². The number of amides is 3. The van der Waals surface area contributed by atoms with Crippen molar-refractivity contribution in [2.24, 2.45) is 0 Å². The minimum Gasteiger partial charge on any atom is -0.444 e. The topological polar surface area (TPSA) is 117 Å². The molecule has 0 bridgehead atoms. The number of benzene rings is 1. The molecular formula is C29H36N6O5S. The van der Waals surface area contributed by atoms with Crippen molar-refractivity contribution in [1.82, 2.24) is 19.8 Å². The molecule has 1 aliphatic rings. The third-order valence-corrected chi connectivity index (χ3v) is 7.03. The number of rotatable bonds is 9. The van der Waals surface area contributed by atoms with Crippen LogP contribution in [0, 0.1) is 0 Å². The van der Waals surface area contributed by atoms with Crippen LogP contribution in [0.3, 0.4) is 0 Å². The molecule has 12 heteroatoms. The van der Waals surface area contributed by atoms with Crippen LogP contribution in [0.4, 0.5) is 20.5 Å². The number of carbonyl (C=O) groups is 3. The fourth-order valence-electron chi connectivity index (χ4n) is 4.14. The Kier molecular flexibility index (Phi) is 10.3. The zero-order valence-corrected chi connectivity index (χ0v) is 24.4. The van der Waals surface area contributed by atoms with Gasteiger partial charge in [0.15, 0.2) is 10.9 Å². The molecule has 0 aliphatic carbocycles. The monoisotopic (exact) mass is 580 g/mol. The van der Waals surface area contributed by atoms with Gasteiger partial charge in [0, 0.05) is 50.5 Å². The lowest BCUT2D eigenvalue weighted by molar-refractivity contribution is -0.131. The molecule has 1 N–H and O–H groups in total. The molecule has 218 valence electrons. The number of nitrogens with one attached hydrogen (secondary N) is 1. The van der Waals surface area contributed by atoms with E-state index < -0.39 is 17.8 Å².